The Bertz CT molecular complexity index is 1440. The van der Waals surface area contributed by atoms with E-state index in [1.165, 1.54) is 0 Å². The van der Waals surface area contributed by atoms with Crippen molar-refractivity contribution in [3.8, 4) is 16.2 Å². The Kier molecular flexibility index (Phi) is 9.28. The molecule has 4 atom stereocenters. The number of benzene rings is 2. The van der Waals surface area contributed by atoms with Gasteiger partial charge in [0, 0.05) is 30.0 Å². The minimum Gasteiger partial charge on any atom is -0.496 e. The van der Waals surface area contributed by atoms with Gasteiger partial charge in [0.2, 0.25) is 5.91 Å². The van der Waals surface area contributed by atoms with Crippen LogP contribution >= 0.6 is 11.3 Å². The van der Waals surface area contributed by atoms with Gasteiger partial charge in [-0.05, 0) is 61.4 Å². The molecule has 43 heavy (non-hydrogen) atoms. The molecule has 1 saturated carbocycles. The number of hydrogen-bond donors (Lipinski definition) is 2. The molecule has 1 aliphatic heterocycles. The van der Waals surface area contributed by atoms with Crippen LogP contribution in [0.15, 0.2) is 48.5 Å². The molecule has 7 nitrogen and oxygen atoms in total. The Labute approximate surface area is 259 Å². The zero-order valence-electron chi connectivity index (χ0n) is 26.2. The van der Waals surface area contributed by atoms with E-state index in [1.54, 1.807) is 23.3 Å². The predicted molar refractivity (Wildman–Crippen MR) is 171 cm³/mol. The first-order valence-electron chi connectivity index (χ1n) is 15.5. The van der Waals surface area contributed by atoms with E-state index in [0.29, 0.717) is 6.54 Å². The first-order valence-corrected chi connectivity index (χ1v) is 16.3. The van der Waals surface area contributed by atoms with Gasteiger partial charge < -0.3 is 20.1 Å². The van der Waals surface area contributed by atoms with Crippen LogP contribution in [0, 0.1) is 31.1 Å². The Morgan fingerprint density at radius 2 is 1.77 bits per heavy atom. The van der Waals surface area contributed by atoms with Gasteiger partial charge in [0.15, 0.2) is 0 Å². The van der Waals surface area contributed by atoms with Gasteiger partial charge in [0.1, 0.15) is 11.8 Å². The third-order valence-electron chi connectivity index (χ3n) is 9.24. The third kappa shape index (κ3) is 6.36. The number of carbonyl (C=O) groups excluding carboxylic acids is 1. The molecule has 230 valence electrons. The summed E-state index contributed by atoms with van der Waals surface area (Å²) in [6.07, 6.45) is 4.79. The van der Waals surface area contributed by atoms with Crippen LogP contribution in [0.2, 0.25) is 0 Å². The molecule has 2 fully saturated rings. The van der Waals surface area contributed by atoms with E-state index in [4.69, 9.17) is 4.74 Å². The number of amides is 1. The molecule has 2 heterocycles. The van der Waals surface area contributed by atoms with Gasteiger partial charge >= 0.3 is 5.97 Å². The second-order valence-electron chi connectivity index (χ2n) is 13.2. The first kappa shape index (κ1) is 31.2. The highest BCUT2D eigenvalue weighted by Gasteiger charge is 2.58. The summed E-state index contributed by atoms with van der Waals surface area (Å²) in [5.74, 6) is -0.658. The average molecular weight is 604 g/mol. The molecule has 8 heteroatoms. The highest BCUT2D eigenvalue weighted by molar-refractivity contribution is 7.15. The van der Waals surface area contributed by atoms with Gasteiger partial charge in [-0.25, -0.2) is 9.78 Å². The molecule has 2 aromatic carbocycles. The number of aryl methyl sites for hydroxylation is 2. The monoisotopic (exact) mass is 603 g/mol. The molecule has 1 aliphatic carbocycles. The van der Waals surface area contributed by atoms with Crippen LogP contribution in [-0.2, 0) is 16.1 Å². The fourth-order valence-corrected chi connectivity index (χ4v) is 8.29. The number of carboxylic acids is 1. The minimum atomic E-state index is -0.940. The molecule has 2 N–H and O–H groups in total. The number of likely N-dealkylation sites (tertiary alicyclic amines) is 1. The molecule has 1 saturated heterocycles. The zero-order valence-corrected chi connectivity index (χ0v) is 27.0. The van der Waals surface area contributed by atoms with Gasteiger partial charge in [-0.3, -0.25) is 4.79 Å². The molecule has 3 aromatic rings. The van der Waals surface area contributed by atoms with Crippen LogP contribution in [-0.4, -0.2) is 46.1 Å². The van der Waals surface area contributed by atoms with Crippen molar-refractivity contribution >= 4 is 23.2 Å². The smallest absolute Gasteiger partial charge is 0.326 e. The maximum absolute atomic E-state index is 14.3. The highest BCUT2D eigenvalue weighted by Crippen LogP contribution is 2.49. The van der Waals surface area contributed by atoms with Gasteiger partial charge in [-0.15, -0.1) is 11.3 Å². The number of aromatic nitrogens is 1. The van der Waals surface area contributed by atoms with Gasteiger partial charge in [0.05, 0.1) is 28.7 Å². The Balaban J connectivity index is 1.57. The normalized spacial score (nSPS) is 23.0. The van der Waals surface area contributed by atoms with Crippen LogP contribution in [0.3, 0.4) is 0 Å². The van der Waals surface area contributed by atoms with Crippen molar-refractivity contribution in [3.05, 3.63) is 70.4 Å². The summed E-state index contributed by atoms with van der Waals surface area (Å²) in [5.41, 5.74) is 3.63. The first-order chi connectivity index (χ1) is 20.5. The lowest BCUT2D eigenvalue weighted by Gasteiger charge is -2.36. The van der Waals surface area contributed by atoms with Crippen LogP contribution < -0.4 is 10.1 Å². The molecule has 0 bridgehead atoms. The number of thiazole rings is 1. The average Bonchev–Trinajstić information content (AvgIpc) is 3.53. The minimum absolute atomic E-state index is 0.0184. The highest BCUT2D eigenvalue weighted by atomic mass is 32.1. The summed E-state index contributed by atoms with van der Waals surface area (Å²) in [6, 6.07) is 14.5. The van der Waals surface area contributed by atoms with Crippen LogP contribution in [0.5, 0.6) is 5.75 Å². The lowest BCUT2D eigenvalue weighted by molar-refractivity contribution is -0.154. The second-order valence-corrected chi connectivity index (χ2v) is 14.4. The fraction of sp³-hybridized carbons (Fsp3) is 0.514. The maximum atomic E-state index is 14.3. The Hall–Kier alpha value is -3.23. The van der Waals surface area contributed by atoms with Crippen molar-refractivity contribution in [2.24, 2.45) is 17.3 Å². The standard InChI is InChI=1S/C35H45N3O4S/c1-21-32(43-22(2)37-21)25-17-18-27(42-6)26(19-25)20-36-29-28(35(3,4)5)31(34(40)41)38(30(29)23-13-9-7-10-14-23)33(39)24-15-11-8-12-16-24/h7,9-10,13-14,17-19,24,28-31,36H,8,11-12,15-16,20H2,1-6H3,(H,40,41)/t28-,29-,30-,31-/m0/s1. The number of methoxy groups -OCH3 is 1. The van der Waals surface area contributed by atoms with Crippen LogP contribution in [0.1, 0.15) is 80.7 Å². The zero-order chi connectivity index (χ0) is 30.9. The van der Waals surface area contributed by atoms with Gasteiger partial charge in [-0.1, -0.05) is 70.4 Å². The fourth-order valence-electron chi connectivity index (χ4n) is 7.37. The number of aliphatic carboxylic acids is 1. The molecule has 0 unspecified atom stereocenters. The molecular formula is C35H45N3O4S. The van der Waals surface area contributed by atoms with Crippen LogP contribution in [0.4, 0.5) is 0 Å². The number of carboxylic acid groups (broad SMARTS) is 1. The SMILES string of the molecule is COc1ccc(-c2sc(C)nc2C)cc1CN[C@H]1[C@H](C(C)(C)C)[C@@H](C(=O)O)N(C(=O)C2CCCCC2)[C@H]1c1ccccc1. The Morgan fingerprint density at radius 1 is 1.07 bits per heavy atom. The van der Waals surface area contributed by atoms with Gasteiger partial charge in [0.25, 0.3) is 0 Å². The van der Waals surface area contributed by atoms with E-state index in [9.17, 15) is 14.7 Å². The number of ether oxygens (including phenoxy) is 1. The van der Waals surface area contributed by atoms with Crippen molar-refractivity contribution in [3.63, 3.8) is 0 Å². The summed E-state index contributed by atoms with van der Waals surface area (Å²) in [6.45, 7) is 10.8. The number of carbonyl (C=O) groups is 2. The lowest BCUT2D eigenvalue weighted by atomic mass is 9.72. The van der Waals surface area contributed by atoms with E-state index < -0.39 is 23.5 Å². The van der Waals surface area contributed by atoms with E-state index in [2.05, 4.69) is 43.2 Å². The maximum Gasteiger partial charge on any atom is 0.326 e. The van der Waals surface area contributed by atoms with E-state index in [1.807, 2.05) is 50.2 Å². The van der Waals surface area contributed by atoms with Crippen molar-refractivity contribution in [1.82, 2.24) is 15.2 Å². The molecule has 0 radical (unpaired) electrons. The Morgan fingerprint density at radius 3 is 2.35 bits per heavy atom. The summed E-state index contributed by atoms with van der Waals surface area (Å²) < 4.78 is 5.78. The van der Waals surface area contributed by atoms with E-state index in [-0.39, 0.29) is 23.8 Å². The van der Waals surface area contributed by atoms with E-state index >= 15 is 0 Å². The number of hydrogen-bond acceptors (Lipinski definition) is 6. The molecule has 5 rings (SSSR count). The molecule has 1 aromatic heterocycles. The van der Waals surface area contributed by atoms with Crippen molar-refractivity contribution < 1.29 is 19.4 Å². The second kappa shape index (κ2) is 12.8. The summed E-state index contributed by atoms with van der Waals surface area (Å²) in [4.78, 5) is 35.0. The predicted octanol–water partition coefficient (Wildman–Crippen LogP) is 7.17. The van der Waals surface area contributed by atoms with Crippen LogP contribution in [0.25, 0.3) is 10.4 Å². The molecule has 0 spiro atoms. The van der Waals surface area contributed by atoms with Crippen molar-refractivity contribution in [1.29, 1.82) is 0 Å². The van der Waals surface area contributed by atoms with Crippen molar-refractivity contribution in [2.45, 2.75) is 91.4 Å². The number of nitrogens with zero attached hydrogens (tertiary/aromatic N) is 2. The summed E-state index contributed by atoms with van der Waals surface area (Å²) >= 11 is 1.67. The topological polar surface area (TPSA) is 91.8 Å². The quantitative estimate of drug-likeness (QED) is 0.284. The van der Waals surface area contributed by atoms with Gasteiger partial charge in [-0.2, -0.15) is 0 Å². The number of nitrogens with one attached hydrogen (secondary N) is 1. The summed E-state index contributed by atoms with van der Waals surface area (Å²) in [7, 11) is 1.67. The molecule has 2 aliphatic rings. The molecular weight excluding hydrogens is 558 g/mol. The largest absolute Gasteiger partial charge is 0.496 e. The van der Waals surface area contributed by atoms with E-state index in [0.717, 1.165) is 70.1 Å². The molecule has 1 amide bonds. The lowest BCUT2D eigenvalue weighted by Crippen LogP contribution is -2.49. The van der Waals surface area contributed by atoms with Crippen molar-refractivity contribution in [2.75, 3.05) is 7.11 Å². The number of rotatable bonds is 8. The summed E-state index contributed by atoms with van der Waals surface area (Å²) in [5, 5.41) is 15.6. The third-order valence-corrected chi connectivity index (χ3v) is 10.4.